The first-order valence-electron chi connectivity index (χ1n) is 15.2. The number of carboxylic acids is 2. The van der Waals surface area contributed by atoms with Crippen molar-refractivity contribution in [2.75, 3.05) is 39.8 Å². The van der Waals surface area contributed by atoms with Crippen molar-refractivity contribution in [1.82, 2.24) is 9.80 Å². The van der Waals surface area contributed by atoms with Gasteiger partial charge in [-0.15, -0.1) is 0 Å². The van der Waals surface area contributed by atoms with E-state index in [1.54, 1.807) is 0 Å². The van der Waals surface area contributed by atoms with Gasteiger partial charge in [-0.1, -0.05) is 90.1 Å². The van der Waals surface area contributed by atoms with Crippen molar-refractivity contribution in [3.05, 3.63) is 70.8 Å². The second-order valence-corrected chi connectivity index (χ2v) is 13.9. The van der Waals surface area contributed by atoms with Gasteiger partial charge in [-0.05, 0) is 53.0 Å². The Bertz CT molecular complexity index is 1250. The number of hydrogen-bond acceptors (Lipinski definition) is 5. The van der Waals surface area contributed by atoms with E-state index in [1.807, 2.05) is 4.90 Å². The SMILES string of the molecule is CN1CCN(C(=O)C(CN)(Cc2ccc(C(C)(C)C)cc2)Cc2ccc(C(C)(C)C)cc2)CC1.O=C(O)C(F)(F)F.O=C(O)C(F)(F)F. The summed E-state index contributed by atoms with van der Waals surface area (Å²) in [5, 5.41) is 14.2. The van der Waals surface area contributed by atoms with Gasteiger partial charge in [-0.3, -0.25) is 4.79 Å². The number of likely N-dealkylation sites (N-methyl/N-ethyl adjacent to an activating group) is 1. The summed E-state index contributed by atoms with van der Waals surface area (Å²) < 4.78 is 63.5. The Morgan fingerprint density at radius 1 is 0.646 bits per heavy atom. The molecule has 1 aliphatic heterocycles. The minimum atomic E-state index is -5.08. The van der Waals surface area contributed by atoms with Gasteiger partial charge in [0, 0.05) is 32.7 Å². The molecule has 1 aliphatic rings. The molecule has 0 saturated carbocycles. The lowest BCUT2D eigenvalue weighted by molar-refractivity contribution is -0.193. The molecule has 48 heavy (non-hydrogen) atoms. The number of carbonyl (C=O) groups is 3. The molecule has 0 unspecified atom stereocenters. The first kappa shape index (κ1) is 42.4. The molecule has 0 aromatic heterocycles. The molecule has 8 nitrogen and oxygen atoms in total. The fraction of sp³-hybridized carbons (Fsp3) is 0.559. The van der Waals surface area contributed by atoms with E-state index in [1.165, 1.54) is 22.3 Å². The first-order valence-corrected chi connectivity index (χ1v) is 15.2. The number of nitrogens with two attached hydrogens (primary N) is 1. The molecular weight excluding hydrogens is 644 g/mol. The first-order chi connectivity index (χ1) is 21.7. The zero-order valence-corrected chi connectivity index (χ0v) is 28.4. The summed E-state index contributed by atoms with van der Waals surface area (Å²) in [6, 6.07) is 17.6. The van der Waals surface area contributed by atoms with Crippen LogP contribution < -0.4 is 5.73 Å². The van der Waals surface area contributed by atoms with E-state index in [4.69, 9.17) is 25.5 Å². The number of piperazine rings is 1. The fourth-order valence-corrected chi connectivity index (χ4v) is 4.82. The lowest BCUT2D eigenvalue weighted by Gasteiger charge is -2.40. The number of nitrogens with zero attached hydrogens (tertiary/aromatic N) is 2. The van der Waals surface area contributed by atoms with Gasteiger partial charge < -0.3 is 25.7 Å². The van der Waals surface area contributed by atoms with Crippen molar-refractivity contribution in [2.45, 2.75) is 77.6 Å². The van der Waals surface area contributed by atoms with Gasteiger partial charge in [0.25, 0.3) is 0 Å². The molecule has 1 heterocycles. The largest absolute Gasteiger partial charge is 0.490 e. The lowest BCUT2D eigenvalue weighted by atomic mass is 9.74. The summed E-state index contributed by atoms with van der Waals surface area (Å²) in [5.41, 5.74) is 11.0. The Hall–Kier alpha value is -3.65. The molecule has 0 aliphatic carbocycles. The molecule has 0 atom stereocenters. The predicted octanol–water partition coefficient (Wildman–Crippen LogP) is 6.05. The number of carbonyl (C=O) groups excluding carboxylic acids is 1. The quantitative estimate of drug-likeness (QED) is 0.315. The zero-order chi connectivity index (χ0) is 37.3. The molecule has 4 N–H and O–H groups in total. The van der Waals surface area contributed by atoms with E-state index in [-0.39, 0.29) is 16.7 Å². The summed E-state index contributed by atoms with van der Waals surface area (Å²) in [6.45, 7) is 17.0. The molecule has 1 amide bonds. The van der Waals surface area contributed by atoms with Crippen molar-refractivity contribution in [2.24, 2.45) is 11.1 Å². The standard InChI is InChI=1S/C30H45N3O.2C2HF3O2/c1-28(2,3)25-12-8-23(9-13-25)20-30(22-31,27(34)33-18-16-32(7)17-19-33)21-24-10-14-26(15-11-24)29(4,5)6;2*3-2(4,5)1(6)7/h8-15H,16-22,31H2,1-7H3;2*(H,6,7). The van der Waals surface area contributed by atoms with Crippen LogP contribution in [0.25, 0.3) is 0 Å². The third-order valence-electron chi connectivity index (χ3n) is 7.84. The maximum absolute atomic E-state index is 14.0. The average molecular weight is 692 g/mol. The number of hydrogen-bond donors (Lipinski definition) is 3. The van der Waals surface area contributed by atoms with Crippen LogP contribution in [0.4, 0.5) is 26.3 Å². The van der Waals surface area contributed by atoms with Crippen molar-refractivity contribution in [3.63, 3.8) is 0 Å². The van der Waals surface area contributed by atoms with Gasteiger partial charge >= 0.3 is 24.3 Å². The molecule has 1 fully saturated rings. The summed E-state index contributed by atoms with van der Waals surface area (Å²) in [4.78, 5) is 36.2. The van der Waals surface area contributed by atoms with Gasteiger partial charge in [-0.2, -0.15) is 26.3 Å². The van der Waals surface area contributed by atoms with Crippen LogP contribution >= 0.6 is 0 Å². The van der Waals surface area contributed by atoms with Crippen LogP contribution in [0.1, 0.15) is 63.8 Å². The van der Waals surface area contributed by atoms with E-state index < -0.39 is 29.7 Å². The number of benzene rings is 2. The Morgan fingerprint density at radius 3 is 1.17 bits per heavy atom. The molecule has 270 valence electrons. The monoisotopic (exact) mass is 691 g/mol. The van der Waals surface area contributed by atoms with E-state index in [0.29, 0.717) is 19.4 Å². The Kier molecular flexibility index (Phi) is 14.7. The minimum Gasteiger partial charge on any atom is -0.475 e. The lowest BCUT2D eigenvalue weighted by Crippen LogP contribution is -2.55. The number of aliphatic carboxylic acids is 2. The summed E-state index contributed by atoms with van der Waals surface area (Å²) in [7, 11) is 2.12. The van der Waals surface area contributed by atoms with E-state index in [0.717, 1.165) is 26.2 Å². The van der Waals surface area contributed by atoms with Gasteiger partial charge in [0.2, 0.25) is 5.91 Å². The molecule has 2 aromatic rings. The summed E-state index contributed by atoms with van der Waals surface area (Å²) in [6.07, 6.45) is -8.86. The van der Waals surface area contributed by atoms with Gasteiger partial charge in [0.1, 0.15) is 0 Å². The average Bonchev–Trinajstić information content (AvgIpc) is 2.96. The predicted molar refractivity (Wildman–Crippen MR) is 171 cm³/mol. The van der Waals surface area contributed by atoms with Crippen LogP contribution in [0.5, 0.6) is 0 Å². The molecule has 0 radical (unpaired) electrons. The highest BCUT2D eigenvalue weighted by Crippen LogP contribution is 2.33. The number of rotatable bonds is 6. The van der Waals surface area contributed by atoms with E-state index in [9.17, 15) is 31.1 Å². The summed E-state index contributed by atoms with van der Waals surface area (Å²) >= 11 is 0. The highest BCUT2D eigenvalue weighted by molar-refractivity contribution is 5.84. The smallest absolute Gasteiger partial charge is 0.475 e. The number of halogens is 6. The molecule has 2 aromatic carbocycles. The Balaban J connectivity index is 0.000000687. The minimum absolute atomic E-state index is 0.105. The van der Waals surface area contributed by atoms with Crippen LogP contribution in [0, 0.1) is 5.41 Å². The van der Waals surface area contributed by atoms with Gasteiger partial charge in [0.05, 0.1) is 5.41 Å². The molecule has 0 bridgehead atoms. The van der Waals surface area contributed by atoms with Gasteiger partial charge in [-0.25, -0.2) is 9.59 Å². The van der Waals surface area contributed by atoms with Crippen molar-refractivity contribution in [3.8, 4) is 0 Å². The van der Waals surface area contributed by atoms with Crippen molar-refractivity contribution >= 4 is 17.8 Å². The number of carboxylic acid groups (broad SMARTS) is 2. The third kappa shape index (κ3) is 13.5. The normalized spacial score (nSPS) is 14.7. The second kappa shape index (κ2) is 16.6. The zero-order valence-electron chi connectivity index (χ0n) is 28.4. The van der Waals surface area contributed by atoms with Gasteiger partial charge in [0.15, 0.2) is 0 Å². The summed E-state index contributed by atoms with van der Waals surface area (Å²) in [5.74, 6) is -5.32. The van der Waals surface area contributed by atoms with Crippen molar-refractivity contribution in [1.29, 1.82) is 0 Å². The number of amides is 1. The van der Waals surface area contributed by atoms with Crippen LogP contribution in [0.15, 0.2) is 48.5 Å². The van der Waals surface area contributed by atoms with Crippen LogP contribution in [-0.4, -0.2) is 90.0 Å². The molecule has 3 rings (SSSR count). The van der Waals surface area contributed by atoms with Crippen LogP contribution in [-0.2, 0) is 38.1 Å². The van der Waals surface area contributed by atoms with Crippen LogP contribution in [0.3, 0.4) is 0 Å². The van der Waals surface area contributed by atoms with Crippen LogP contribution in [0.2, 0.25) is 0 Å². The molecule has 14 heteroatoms. The third-order valence-corrected chi connectivity index (χ3v) is 7.84. The topological polar surface area (TPSA) is 124 Å². The Morgan fingerprint density at radius 2 is 0.938 bits per heavy atom. The Labute approximate surface area is 277 Å². The number of alkyl halides is 6. The highest BCUT2D eigenvalue weighted by Gasteiger charge is 2.41. The van der Waals surface area contributed by atoms with E-state index >= 15 is 0 Å². The second-order valence-electron chi connectivity index (χ2n) is 13.9. The van der Waals surface area contributed by atoms with Crippen molar-refractivity contribution < 1.29 is 50.9 Å². The highest BCUT2D eigenvalue weighted by atomic mass is 19.4. The fourth-order valence-electron chi connectivity index (χ4n) is 4.82. The van der Waals surface area contributed by atoms with E-state index in [2.05, 4.69) is 102 Å². The molecule has 0 spiro atoms. The maximum Gasteiger partial charge on any atom is 0.490 e. The molecule has 1 saturated heterocycles. The maximum atomic E-state index is 14.0. The molecular formula is C34H47F6N3O5.